The third kappa shape index (κ3) is 6.04. The van der Waals surface area contributed by atoms with Gasteiger partial charge in [-0.25, -0.2) is 4.99 Å². The molecule has 0 heterocycles. The van der Waals surface area contributed by atoms with Gasteiger partial charge in [0.25, 0.3) is 0 Å². The summed E-state index contributed by atoms with van der Waals surface area (Å²) < 4.78 is 5.02. The van der Waals surface area contributed by atoms with E-state index in [1.807, 2.05) is 0 Å². The minimum atomic E-state index is 0.621. The highest BCUT2D eigenvalue weighted by Gasteiger charge is 2.21. The van der Waals surface area contributed by atoms with E-state index >= 15 is 0 Å². The number of hydrogen-bond acceptors (Lipinski definition) is 3. The Hall–Kier alpha value is -1.75. The SMILES string of the molecule is CCNC(=NCc1ccc(NCCOC)cc1)NC1CC1. The minimum Gasteiger partial charge on any atom is -0.383 e. The van der Waals surface area contributed by atoms with Gasteiger partial charge in [-0.05, 0) is 37.5 Å². The van der Waals surface area contributed by atoms with Gasteiger partial charge < -0.3 is 20.7 Å². The number of methoxy groups -OCH3 is 1. The Bertz CT molecular complexity index is 440. The van der Waals surface area contributed by atoms with Gasteiger partial charge in [0.15, 0.2) is 5.96 Å². The highest BCUT2D eigenvalue weighted by Crippen LogP contribution is 2.18. The van der Waals surface area contributed by atoms with Crippen LogP contribution < -0.4 is 16.0 Å². The van der Waals surface area contributed by atoms with Gasteiger partial charge in [-0.3, -0.25) is 0 Å². The summed E-state index contributed by atoms with van der Waals surface area (Å²) in [5.74, 6) is 0.919. The van der Waals surface area contributed by atoms with Gasteiger partial charge in [0.1, 0.15) is 0 Å². The highest BCUT2D eigenvalue weighted by atomic mass is 16.5. The first-order chi connectivity index (χ1) is 10.3. The van der Waals surface area contributed by atoms with Gasteiger partial charge in [0.2, 0.25) is 0 Å². The molecule has 0 spiro atoms. The van der Waals surface area contributed by atoms with Crippen molar-refractivity contribution in [3.05, 3.63) is 29.8 Å². The Morgan fingerprint density at radius 3 is 2.67 bits per heavy atom. The molecule has 3 N–H and O–H groups in total. The number of hydrogen-bond donors (Lipinski definition) is 3. The molecule has 0 bridgehead atoms. The minimum absolute atomic E-state index is 0.621. The Balaban J connectivity index is 1.82. The van der Waals surface area contributed by atoms with Crippen molar-refractivity contribution in [1.82, 2.24) is 10.6 Å². The molecule has 0 atom stereocenters. The van der Waals surface area contributed by atoms with Crippen LogP contribution in [0.1, 0.15) is 25.3 Å². The topological polar surface area (TPSA) is 57.7 Å². The van der Waals surface area contributed by atoms with Gasteiger partial charge in [-0.1, -0.05) is 12.1 Å². The maximum atomic E-state index is 5.02. The standard InChI is InChI=1S/C16H26N4O/c1-3-17-16(20-15-8-9-15)19-12-13-4-6-14(7-5-13)18-10-11-21-2/h4-7,15,18H,3,8-12H2,1-2H3,(H2,17,19,20). The van der Waals surface area contributed by atoms with Crippen molar-refractivity contribution >= 4 is 11.6 Å². The molecule has 0 saturated heterocycles. The molecule has 0 unspecified atom stereocenters. The zero-order chi connectivity index (χ0) is 14.9. The van der Waals surface area contributed by atoms with Crippen LogP contribution in [0.15, 0.2) is 29.3 Å². The van der Waals surface area contributed by atoms with Gasteiger partial charge in [0, 0.05) is 31.9 Å². The summed E-state index contributed by atoms with van der Waals surface area (Å²) in [6, 6.07) is 9.01. The average Bonchev–Trinajstić information content (AvgIpc) is 3.31. The smallest absolute Gasteiger partial charge is 0.191 e. The summed E-state index contributed by atoms with van der Waals surface area (Å²) in [7, 11) is 1.71. The molecule has 1 saturated carbocycles. The third-order valence-electron chi connectivity index (χ3n) is 3.27. The molecule has 1 aliphatic rings. The number of rotatable bonds is 8. The Labute approximate surface area is 127 Å². The van der Waals surface area contributed by atoms with Crippen LogP contribution in [0, 0.1) is 0 Å². The van der Waals surface area contributed by atoms with Crippen molar-refractivity contribution in [3.8, 4) is 0 Å². The fourth-order valence-electron chi connectivity index (χ4n) is 1.94. The van der Waals surface area contributed by atoms with Crippen LogP contribution in [-0.2, 0) is 11.3 Å². The lowest BCUT2D eigenvalue weighted by molar-refractivity contribution is 0.211. The fourth-order valence-corrected chi connectivity index (χ4v) is 1.94. The quantitative estimate of drug-likeness (QED) is 0.389. The summed E-state index contributed by atoms with van der Waals surface area (Å²) >= 11 is 0. The molecule has 0 aromatic heterocycles. The van der Waals surface area contributed by atoms with Crippen molar-refractivity contribution in [2.45, 2.75) is 32.4 Å². The first kappa shape index (κ1) is 15.6. The number of ether oxygens (including phenoxy) is 1. The summed E-state index contributed by atoms with van der Waals surface area (Å²) in [4.78, 5) is 4.62. The van der Waals surface area contributed by atoms with E-state index in [0.717, 1.165) is 24.7 Å². The lowest BCUT2D eigenvalue weighted by Crippen LogP contribution is -2.38. The van der Waals surface area contributed by atoms with Crippen molar-refractivity contribution in [1.29, 1.82) is 0 Å². The maximum absolute atomic E-state index is 5.02. The molecular formula is C16H26N4O. The van der Waals surface area contributed by atoms with Crippen LogP contribution in [0.5, 0.6) is 0 Å². The predicted octanol–water partition coefficient (Wildman–Crippen LogP) is 1.96. The van der Waals surface area contributed by atoms with E-state index in [1.54, 1.807) is 7.11 Å². The molecule has 0 aliphatic heterocycles. The number of aliphatic imine (C=N–C) groups is 1. The number of nitrogens with zero attached hydrogens (tertiary/aromatic N) is 1. The second-order valence-electron chi connectivity index (χ2n) is 5.23. The number of nitrogens with one attached hydrogen (secondary N) is 3. The maximum Gasteiger partial charge on any atom is 0.191 e. The number of anilines is 1. The molecule has 1 fully saturated rings. The van der Waals surface area contributed by atoms with E-state index in [0.29, 0.717) is 19.2 Å². The molecule has 2 rings (SSSR count). The third-order valence-corrected chi connectivity index (χ3v) is 3.27. The van der Waals surface area contributed by atoms with Crippen LogP contribution >= 0.6 is 0 Å². The number of guanidine groups is 1. The van der Waals surface area contributed by atoms with Crippen molar-refractivity contribution in [3.63, 3.8) is 0 Å². The molecule has 1 aromatic carbocycles. The van der Waals surface area contributed by atoms with Crippen LogP contribution in [0.4, 0.5) is 5.69 Å². The normalized spacial score (nSPS) is 14.9. The van der Waals surface area contributed by atoms with E-state index in [-0.39, 0.29) is 0 Å². The summed E-state index contributed by atoms with van der Waals surface area (Å²) in [5.41, 5.74) is 2.32. The zero-order valence-corrected chi connectivity index (χ0v) is 13.0. The molecule has 5 heteroatoms. The van der Waals surface area contributed by atoms with E-state index < -0.39 is 0 Å². The van der Waals surface area contributed by atoms with Crippen molar-refractivity contribution in [2.24, 2.45) is 4.99 Å². The molecule has 1 aliphatic carbocycles. The second kappa shape index (κ2) is 8.52. The molecule has 1 aromatic rings. The molecular weight excluding hydrogens is 264 g/mol. The van der Waals surface area contributed by atoms with E-state index in [4.69, 9.17) is 4.74 Å². The monoisotopic (exact) mass is 290 g/mol. The van der Waals surface area contributed by atoms with Crippen LogP contribution in [0.2, 0.25) is 0 Å². The van der Waals surface area contributed by atoms with E-state index in [2.05, 4.69) is 52.1 Å². The summed E-state index contributed by atoms with van der Waals surface area (Å²) in [6.45, 7) is 5.21. The largest absolute Gasteiger partial charge is 0.383 e. The molecule has 5 nitrogen and oxygen atoms in total. The molecule has 116 valence electrons. The summed E-state index contributed by atoms with van der Waals surface area (Å²) in [6.07, 6.45) is 2.51. The van der Waals surface area contributed by atoms with Gasteiger partial charge in [-0.2, -0.15) is 0 Å². The zero-order valence-electron chi connectivity index (χ0n) is 13.0. The van der Waals surface area contributed by atoms with Crippen LogP contribution in [0.3, 0.4) is 0 Å². The molecule has 21 heavy (non-hydrogen) atoms. The highest BCUT2D eigenvalue weighted by molar-refractivity contribution is 5.80. The average molecular weight is 290 g/mol. The Kier molecular flexibility index (Phi) is 6.34. The van der Waals surface area contributed by atoms with E-state index in [1.165, 1.54) is 18.4 Å². The first-order valence-corrected chi connectivity index (χ1v) is 7.68. The Morgan fingerprint density at radius 2 is 2.05 bits per heavy atom. The van der Waals surface area contributed by atoms with Crippen LogP contribution in [0.25, 0.3) is 0 Å². The lowest BCUT2D eigenvalue weighted by Gasteiger charge is -2.10. The molecule has 0 radical (unpaired) electrons. The van der Waals surface area contributed by atoms with E-state index in [9.17, 15) is 0 Å². The second-order valence-corrected chi connectivity index (χ2v) is 5.23. The first-order valence-electron chi connectivity index (χ1n) is 7.68. The summed E-state index contributed by atoms with van der Waals surface area (Å²) in [5, 5.41) is 10.0. The lowest BCUT2D eigenvalue weighted by atomic mass is 10.2. The Morgan fingerprint density at radius 1 is 1.29 bits per heavy atom. The van der Waals surface area contributed by atoms with Gasteiger partial charge in [-0.15, -0.1) is 0 Å². The molecule has 0 amide bonds. The van der Waals surface area contributed by atoms with Crippen molar-refractivity contribution in [2.75, 3.05) is 32.1 Å². The fraction of sp³-hybridized carbons (Fsp3) is 0.562. The van der Waals surface area contributed by atoms with Crippen LogP contribution in [-0.4, -0.2) is 38.8 Å². The predicted molar refractivity (Wildman–Crippen MR) is 87.8 cm³/mol. The van der Waals surface area contributed by atoms with Gasteiger partial charge >= 0.3 is 0 Å². The number of benzene rings is 1. The van der Waals surface area contributed by atoms with Gasteiger partial charge in [0.05, 0.1) is 13.2 Å². The van der Waals surface area contributed by atoms with Crippen molar-refractivity contribution < 1.29 is 4.74 Å².